The molecule has 2 saturated heterocycles. The molecular formula is C14H22O4. The summed E-state index contributed by atoms with van der Waals surface area (Å²) in [4.78, 5) is 0. The molecule has 0 amide bonds. The largest absolute Gasteiger partial charge is 0.376 e. The molecule has 4 nitrogen and oxygen atoms in total. The van der Waals surface area contributed by atoms with Gasteiger partial charge < -0.3 is 18.9 Å². The fourth-order valence-corrected chi connectivity index (χ4v) is 2.44. The molecule has 2 heterocycles. The molecular weight excluding hydrogens is 232 g/mol. The zero-order valence-corrected chi connectivity index (χ0v) is 10.8. The minimum Gasteiger partial charge on any atom is -0.376 e. The zero-order valence-electron chi connectivity index (χ0n) is 10.8. The van der Waals surface area contributed by atoms with Crippen molar-refractivity contribution in [3.05, 3.63) is 0 Å². The summed E-state index contributed by atoms with van der Waals surface area (Å²) >= 11 is 0. The van der Waals surface area contributed by atoms with Crippen molar-refractivity contribution in [2.75, 3.05) is 33.0 Å². The van der Waals surface area contributed by atoms with Gasteiger partial charge in [-0.05, 0) is 12.8 Å². The molecule has 0 aromatic heterocycles. The number of hydrogen-bond donors (Lipinski definition) is 0. The second kappa shape index (κ2) is 7.75. The van der Waals surface area contributed by atoms with Crippen molar-refractivity contribution < 1.29 is 18.9 Å². The Hall–Kier alpha value is -0.600. The Labute approximate surface area is 109 Å². The van der Waals surface area contributed by atoms with Gasteiger partial charge in [0, 0.05) is 12.8 Å². The molecule has 0 aliphatic carbocycles. The van der Waals surface area contributed by atoms with Gasteiger partial charge in [0.05, 0.1) is 51.3 Å². The minimum atomic E-state index is 0.114. The molecule has 4 heteroatoms. The maximum Gasteiger partial charge on any atom is 0.0863 e. The van der Waals surface area contributed by atoms with Crippen molar-refractivity contribution in [2.24, 2.45) is 0 Å². The summed E-state index contributed by atoms with van der Waals surface area (Å²) in [6, 6.07) is 0. The van der Waals surface area contributed by atoms with Crippen molar-refractivity contribution >= 4 is 0 Å². The molecule has 3 atom stereocenters. The highest BCUT2D eigenvalue weighted by Gasteiger charge is 2.30. The van der Waals surface area contributed by atoms with E-state index in [1.807, 2.05) is 0 Å². The quantitative estimate of drug-likeness (QED) is 0.548. The van der Waals surface area contributed by atoms with Crippen LogP contribution in [0.5, 0.6) is 0 Å². The highest BCUT2D eigenvalue weighted by molar-refractivity contribution is 4.85. The lowest BCUT2D eigenvalue weighted by molar-refractivity contribution is -0.169. The normalized spacial score (nSPS) is 32.9. The first-order chi connectivity index (χ1) is 8.90. The van der Waals surface area contributed by atoms with Gasteiger partial charge in [-0.2, -0.15) is 0 Å². The fourth-order valence-electron chi connectivity index (χ4n) is 2.44. The summed E-state index contributed by atoms with van der Waals surface area (Å²) in [5, 5.41) is 0. The summed E-state index contributed by atoms with van der Waals surface area (Å²) < 4.78 is 22.7. The summed E-state index contributed by atoms with van der Waals surface area (Å²) in [5.74, 6) is 2.66. The third-order valence-corrected chi connectivity index (χ3v) is 3.35. The molecule has 2 aliphatic rings. The van der Waals surface area contributed by atoms with E-state index in [-0.39, 0.29) is 18.3 Å². The Balaban J connectivity index is 1.77. The van der Waals surface area contributed by atoms with E-state index in [0.29, 0.717) is 33.0 Å². The van der Waals surface area contributed by atoms with Crippen LogP contribution in [0.15, 0.2) is 0 Å². The first kappa shape index (κ1) is 13.8. The van der Waals surface area contributed by atoms with Crippen LogP contribution in [0.2, 0.25) is 0 Å². The molecule has 2 rings (SSSR count). The van der Waals surface area contributed by atoms with Crippen LogP contribution in [0.4, 0.5) is 0 Å². The topological polar surface area (TPSA) is 36.9 Å². The molecule has 102 valence electrons. The number of unbranched alkanes of at least 4 members (excludes halogenated alkanes) is 1. The van der Waals surface area contributed by atoms with E-state index < -0.39 is 0 Å². The van der Waals surface area contributed by atoms with E-state index in [0.717, 1.165) is 25.7 Å². The van der Waals surface area contributed by atoms with Gasteiger partial charge in [-0.3, -0.25) is 0 Å². The van der Waals surface area contributed by atoms with E-state index >= 15 is 0 Å². The Morgan fingerprint density at radius 2 is 1.78 bits per heavy atom. The summed E-state index contributed by atoms with van der Waals surface area (Å²) in [6.45, 7) is 3.39. The third kappa shape index (κ3) is 4.25. The molecule has 2 fully saturated rings. The van der Waals surface area contributed by atoms with Gasteiger partial charge in [0.2, 0.25) is 0 Å². The van der Waals surface area contributed by atoms with Crippen molar-refractivity contribution in [2.45, 2.75) is 44.0 Å². The predicted molar refractivity (Wildman–Crippen MR) is 67.3 cm³/mol. The molecule has 3 unspecified atom stereocenters. The first-order valence-corrected chi connectivity index (χ1v) is 6.76. The Kier molecular flexibility index (Phi) is 5.95. The number of ether oxygens (including phenoxy) is 4. The van der Waals surface area contributed by atoms with Crippen LogP contribution in [-0.4, -0.2) is 51.3 Å². The standard InChI is InChI=1S/C14H22O4/c1-2-3-4-5-13-14(18-9-8-17-13)10-12-11-15-6-7-16-12/h1,12-14H,3-11H2. The van der Waals surface area contributed by atoms with Crippen molar-refractivity contribution in [1.82, 2.24) is 0 Å². The van der Waals surface area contributed by atoms with Crippen molar-refractivity contribution in [3.8, 4) is 12.3 Å². The van der Waals surface area contributed by atoms with Crippen LogP contribution in [-0.2, 0) is 18.9 Å². The number of terminal acetylenes is 1. The van der Waals surface area contributed by atoms with Crippen LogP contribution in [0.1, 0.15) is 25.7 Å². The Morgan fingerprint density at radius 1 is 1.00 bits per heavy atom. The van der Waals surface area contributed by atoms with E-state index in [2.05, 4.69) is 5.92 Å². The highest BCUT2D eigenvalue weighted by atomic mass is 16.6. The molecule has 0 spiro atoms. The van der Waals surface area contributed by atoms with Crippen LogP contribution < -0.4 is 0 Å². The summed E-state index contributed by atoms with van der Waals surface area (Å²) in [7, 11) is 0. The average Bonchev–Trinajstić information content (AvgIpc) is 2.42. The smallest absolute Gasteiger partial charge is 0.0863 e. The third-order valence-electron chi connectivity index (χ3n) is 3.35. The van der Waals surface area contributed by atoms with Crippen LogP contribution in [0, 0.1) is 12.3 Å². The van der Waals surface area contributed by atoms with E-state index in [1.165, 1.54) is 0 Å². The molecule has 0 N–H and O–H groups in total. The van der Waals surface area contributed by atoms with Gasteiger partial charge in [-0.25, -0.2) is 0 Å². The van der Waals surface area contributed by atoms with Crippen LogP contribution >= 0.6 is 0 Å². The van der Waals surface area contributed by atoms with Gasteiger partial charge >= 0.3 is 0 Å². The second-order valence-electron chi connectivity index (χ2n) is 4.72. The summed E-state index contributed by atoms with van der Waals surface area (Å²) in [6.07, 6.45) is 9.27. The number of rotatable bonds is 5. The molecule has 2 aliphatic heterocycles. The number of hydrogen-bond acceptors (Lipinski definition) is 4. The molecule has 0 aromatic rings. The van der Waals surface area contributed by atoms with Gasteiger partial charge in [0.15, 0.2) is 0 Å². The average molecular weight is 254 g/mol. The van der Waals surface area contributed by atoms with E-state index in [1.54, 1.807) is 0 Å². The van der Waals surface area contributed by atoms with Crippen molar-refractivity contribution in [3.63, 3.8) is 0 Å². The second-order valence-corrected chi connectivity index (χ2v) is 4.72. The van der Waals surface area contributed by atoms with Crippen molar-refractivity contribution in [1.29, 1.82) is 0 Å². The Morgan fingerprint density at radius 3 is 2.50 bits per heavy atom. The fraction of sp³-hybridized carbons (Fsp3) is 0.857. The van der Waals surface area contributed by atoms with Gasteiger partial charge in [0.25, 0.3) is 0 Å². The molecule has 0 saturated carbocycles. The monoisotopic (exact) mass is 254 g/mol. The van der Waals surface area contributed by atoms with Gasteiger partial charge in [-0.1, -0.05) is 0 Å². The lowest BCUT2D eigenvalue weighted by atomic mass is 10.0. The molecule has 18 heavy (non-hydrogen) atoms. The van der Waals surface area contributed by atoms with E-state index in [4.69, 9.17) is 25.4 Å². The maximum absolute atomic E-state index is 5.81. The molecule has 0 radical (unpaired) electrons. The maximum atomic E-state index is 5.81. The summed E-state index contributed by atoms with van der Waals surface area (Å²) in [5.41, 5.74) is 0. The van der Waals surface area contributed by atoms with E-state index in [9.17, 15) is 0 Å². The zero-order chi connectivity index (χ0) is 12.6. The first-order valence-electron chi connectivity index (χ1n) is 6.76. The predicted octanol–water partition coefficient (Wildman–Crippen LogP) is 1.38. The van der Waals surface area contributed by atoms with Crippen LogP contribution in [0.3, 0.4) is 0 Å². The van der Waals surface area contributed by atoms with Crippen LogP contribution in [0.25, 0.3) is 0 Å². The molecule has 0 bridgehead atoms. The SMILES string of the molecule is C#CCCCC1OCCOC1CC1COCCO1. The Bertz CT molecular complexity index is 267. The van der Waals surface area contributed by atoms with Gasteiger partial charge in [0.1, 0.15) is 0 Å². The lowest BCUT2D eigenvalue weighted by Gasteiger charge is -2.35. The minimum absolute atomic E-state index is 0.114. The molecule has 0 aromatic carbocycles. The lowest BCUT2D eigenvalue weighted by Crippen LogP contribution is -2.43. The van der Waals surface area contributed by atoms with Gasteiger partial charge in [-0.15, -0.1) is 12.3 Å². The highest BCUT2D eigenvalue weighted by Crippen LogP contribution is 2.22.